The van der Waals surface area contributed by atoms with Crippen molar-refractivity contribution in [3.8, 4) is 0 Å². The van der Waals surface area contributed by atoms with Gasteiger partial charge in [0.1, 0.15) is 6.33 Å². The Bertz CT molecular complexity index is 810. The molecule has 0 bridgehead atoms. The lowest BCUT2D eigenvalue weighted by Crippen LogP contribution is -2.34. The number of hydrogen-bond donors (Lipinski definition) is 3. The number of piperidine rings is 1. The first-order chi connectivity index (χ1) is 13.6. The van der Waals surface area contributed by atoms with Crippen molar-refractivity contribution in [1.82, 2.24) is 20.3 Å². The smallest absolute Gasteiger partial charge is 0.354 e. The molecular weight excluding hydrogens is 362 g/mol. The summed E-state index contributed by atoms with van der Waals surface area (Å²) in [7, 11) is 0. The zero-order valence-corrected chi connectivity index (χ0v) is 15.4. The van der Waals surface area contributed by atoms with Crippen LogP contribution in [-0.4, -0.2) is 51.9 Å². The number of hydrogen-bond acceptors (Lipinski definition) is 8. The van der Waals surface area contributed by atoms with Gasteiger partial charge in [0.2, 0.25) is 11.6 Å². The van der Waals surface area contributed by atoms with Crippen molar-refractivity contribution in [1.29, 1.82) is 0 Å². The van der Waals surface area contributed by atoms with Crippen LogP contribution in [0.2, 0.25) is 0 Å². The van der Waals surface area contributed by atoms with E-state index in [0.717, 1.165) is 19.6 Å². The molecule has 1 aromatic heterocycles. The first-order valence-electron chi connectivity index (χ1n) is 9.22. The van der Waals surface area contributed by atoms with E-state index in [2.05, 4.69) is 31.0 Å². The summed E-state index contributed by atoms with van der Waals surface area (Å²) in [6.45, 7) is 3.42. The van der Waals surface area contributed by atoms with Crippen LogP contribution in [0.5, 0.6) is 0 Å². The Morgan fingerprint density at radius 1 is 1.11 bits per heavy atom. The fourth-order valence-electron chi connectivity index (χ4n) is 3.07. The number of nitrogens with zero attached hydrogens (tertiary/aromatic N) is 4. The number of nitro groups is 1. The van der Waals surface area contributed by atoms with E-state index in [1.165, 1.54) is 25.6 Å². The van der Waals surface area contributed by atoms with Gasteiger partial charge in [-0.15, -0.1) is 0 Å². The highest BCUT2D eigenvalue weighted by molar-refractivity contribution is 5.95. The fraction of sp³-hybridized carbons (Fsp3) is 0.389. The Labute approximate surface area is 162 Å². The second kappa shape index (κ2) is 9.60. The van der Waals surface area contributed by atoms with Gasteiger partial charge in [-0.2, -0.15) is 0 Å². The summed E-state index contributed by atoms with van der Waals surface area (Å²) < 4.78 is 0. The summed E-state index contributed by atoms with van der Waals surface area (Å²) in [6.07, 6.45) is 4.84. The van der Waals surface area contributed by atoms with E-state index in [9.17, 15) is 14.9 Å². The minimum Gasteiger partial charge on any atom is -0.363 e. The van der Waals surface area contributed by atoms with Gasteiger partial charge in [-0.3, -0.25) is 25.8 Å². The molecule has 1 aromatic carbocycles. The molecule has 28 heavy (non-hydrogen) atoms. The molecule has 148 valence electrons. The van der Waals surface area contributed by atoms with Gasteiger partial charge in [0.05, 0.1) is 4.92 Å². The van der Waals surface area contributed by atoms with Crippen LogP contribution in [0.3, 0.4) is 0 Å². The van der Waals surface area contributed by atoms with Crippen molar-refractivity contribution < 1.29 is 9.72 Å². The highest BCUT2D eigenvalue weighted by atomic mass is 16.6. The van der Waals surface area contributed by atoms with E-state index in [4.69, 9.17) is 0 Å². The van der Waals surface area contributed by atoms with Gasteiger partial charge in [-0.25, -0.2) is 9.97 Å². The van der Waals surface area contributed by atoms with E-state index >= 15 is 0 Å². The van der Waals surface area contributed by atoms with E-state index in [1.54, 1.807) is 30.3 Å². The van der Waals surface area contributed by atoms with Crippen LogP contribution in [0.25, 0.3) is 0 Å². The van der Waals surface area contributed by atoms with Gasteiger partial charge < -0.3 is 10.2 Å². The average Bonchev–Trinajstić information content (AvgIpc) is 2.73. The van der Waals surface area contributed by atoms with Crippen molar-refractivity contribution in [3.05, 3.63) is 52.3 Å². The summed E-state index contributed by atoms with van der Waals surface area (Å²) in [5, 5.41) is 14.6. The van der Waals surface area contributed by atoms with Crippen molar-refractivity contribution in [2.45, 2.75) is 19.3 Å². The quantitative estimate of drug-likeness (QED) is 0.466. The number of aromatic nitrogens is 2. The van der Waals surface area contributed by atoms with Crippen molar-refractivity contribution >= 4 is 23.2 Å². The maximum absolute atomic E-state index is 12.1. The molecular formula is C18H23N7O3. The number of carbonyl (C=O) groups excluding carboxylic acids is 1. The molecule has 3 rings (SSSR count). The van der Waals surface area contributed by atoms with Gasteiger partial charge in [0.25, 0.3) is 5.91 Å². The molecule has 0 atom stereocenters. The van der Waals surface area contributed by atoms with E-state index < -0.39 is 10.8 Å². The van der Waals surface area contributed by atoms with E-state index in [1.807, 2.05) is 0 Å². The minimum absolute atomic E-state index is 0.0789. The van der Waals surface area contributed by atoms with Crippen LogP contribution in [0.15, 0.2) is 36.7 Å². The molecule has 0 saturated carbocycles. The summed E-state index contributed by atoms with van der Waals surface area (Å²) in [5.41, 5.74) is 5.07. The topological polar surface area (TPSA) is 125 Å². The number of anilines is 2. The van der Waals surface area contributed by atoms with Crippen LogP contribution in [-0.2, 0) is 0 Å². The summed E-state index contributed by atoms with van der Waals surface area (Å²) >= 11 is 0. The van der Waals surface area contributed by atoms with Crippen LogP contribution in [0.1, 0.15) is 29.6 Å². The molecule has 10 nitrogen and oxygen atoms in total. The predicted octanol–water partition coefficient (Wildman–Crippen LogP) is 2.04. The first-order valence-corrected chi connectivity index (χ1v) is 9.22. The molecule has 3 N–H and O–H groups in total. The standard InChI is InChI=1S/C18H23N7O3/c26-18(14-7-3-1-4-8-14)23-22-17-15(25(27)28)16(20-13-21-17)19-9-12-24-10-5-2-6-11-24/h1,3-4,7-8,13H,2,5-6,9-12H2,(H,23,26)(H2,19,20,21,22). The number of amides is 1. The normalized spacial score (nSPS) is 14.3. The highest BCUT2D eigenvalue weighted by Crippen LogP contribution is 2.28. The Hall–Kier alpha value is -3.27. The molecule has 0 radical (unpaired) electrons. The third-order valence-corrected chi connectivity index (χ3v) is 4.50. The molecule has 2 heterocycles. The second-order valence-electron chi connectivity index (χ2n) is 6.45. The van der Waals surface area contributed by atoms with Gasteiger partial charge >= 0.3 is 5.69 Å². The minimum atomic E-state index is -0.569. The number of carbonyl (C=O) groups is 1. The molecule has 1 aliphatic heterocycles. The van der Waals surface area contributed by atoms with Gasteiger partial charge in [-0.05, 0) is 38.1 Å². The molecule has 0 aliphatic carbocycles. The Morgan fingerprint density at radius 2 is 1.82 bits per heavy atom. The number of rotatable bonds is 8. The van der Waals surface area contributed by atoms with Gasteiger partial charge in [-0.1, -0.05) is 24.6 Å². The van der Waals surface area contributed by atoms with Crippen molar-refractivity contribution in [2.75, 3.05) is 36.9 Å². The SMILES string of the molecule is O=C(NNc1ncnc(NCCN2CCCCC2)c1[N+](=O)[O-])c1ccccc1. The van der Waals surface area contributed by atoms with E-state index in [0.29, 0.717) is 12.1 Å². The maximum atomic E-state index is 12.1. The number of nitrogens with one attached hydrogen (secondary N) is 3. The third-order valence-electron chi connectivity index (χ3n) is 4.50. The van der Waals surface area contributed by atoms with Crippen LogP contribution >= 0.6 is 0 Å². The Kier molecular flexibility index (Phi) is 6.68. The molecule has 10 heteroatoms. The summed E-state index contributed by atoms with van der Waals surface area (Å²) in [4.78, 5) is 33.3. The summed E-state index contributed by atoms with van der Waals surface area (Å²) in [5.74, 6) is -0.383. The van der Waals surface area contributed by atoms with Crippen molar-refractivity contribution in [2.24, 2.45) is 0 Å². The van der Waals surface area contributed by atoms with Gasteiger partial charge in [0, 0.05) is 18.7 Å². The zero-order chi connectivity index (χ0) is 19.8. The molecule has 1 saturated heterocycles. The molecule has 0 spiro atoms. The van der Waals surface area contributed by atoms with Crippen molar-refractivity contribution in [3.63, 3.8) is 0 Å². The second-order valence-corrected chi connectivity index (χ2v) is 6.45. The first kappa shape index (κ1) is 19.5. The molecule has 0 unspecified atom stereocenters. The zero-order valence-electron chi connectivity index (χ0n) is 15.4. The fourth-order valence-corrected chi connectivity index (χ4v) is 3.07. The Balaban J connectivity index is 1.63. The van der Waals surface area contributed by atoms with E-state index in [-0.39, 0.29) is 17.3 Å². The monoisotopic (exact) mass is 385 g/mol. The maximum Gasteiger partial charge on any atom is 0.354 e. The predicted molar refractivity (Wildman–Crippen MR) is 105 cm³/mol. The molecule has 1 aliphatic rings. The Morgan fingerprint density at radius 3 is 2.54 bits per heavy atom. The van der Waals surface area contributed by atoms with Crippen LogP contribution in [0, 0.1) is 10.1 Å². The summed E-state index contributed by atoms with van der Waals surface area (Å²) in [6, 6.07) is 8.53. The lowest BCUT2D eigenvalue weighted by molar-refractivity contribution is -0.383. The average molecular weight is 385 g/mol. The number of benzene rings is 1. The van der Waals surface area contributed by atoms with Gasteiger partial charge in [0.15, 0.2) is 0 Å². The molecule has 2 aromatic rings. The highest BCUT2D eigenvalue weighted by Gasteiger charge is 2.23. The molecule has 1 fully saturated rings. The van der Waals surface area contributed by atoms with Crippen LogP contribution < -0.4 is 16.2 Å². The van der Waals surface area contributed by atoms with Crippen LogP contribution in [0.4, 0.5) is 17.3 Å². The number of hydrazine groups is 1. The lowest BCUT2D eigenvalue weighted by atomic mass is 10.1. The largest absolute Gasteiger partial charge is 0.363 e. The third kappa shape index (κ3) is 5.13. The number of likely N-dealkylation sites (tertiary alicyclic amines) is 1. The molecule has 1 amide bonds. The lowest BCUT2D eigenvalue weighted by Gasteiger charge is -2.26.